The Morgan fingerprint density at radius 2 is 1.64 bits per heavy atom. The molecule has 0 bridgehead atoms. The molecule has 0 aliphatic heterocycles. The SMILES string of the molecule is Oc1c(Br)ccc(-c2ccc(Cl)cc2)c1OCc1ccc(Cl)c(C(F)(F)F)c1. The van der Waals surface area contributed by atoms with Crippen LogP contribution in [0.25, 0.3) is 11.1 Å². The highest BCUT2D eigenvalue weighted by atomic mass is 79.9. The highest BCUT2D eigenvalue weighted by molar-refractivity contribution is 9.10. The van der Waals surface area contributed by atoms with Gasteiger partial charge in [-0.05, 0) is 63.5 Å². The molecule has 0 fully saturated rings. The summed E-state index contributed by atoms with van der Waals surface area (Å²) >= 11 is 14.8. The summed E-state index contributed by atoms with van der Waals surface area (Å²) in [6.07, 6.45) is -4.57. The Balaban J connectivity index is 1.95. The number of hydrogen-bond donors (Lipinski definition) is 1. The van der Waals surface area contributed by atoms with E-state index in [4.69, 9.17) is 27.9 Å². The summed E-state index contributed by atoms with van der Waals surface area (Å²) in [5.74, 6) is -0.0161. The summed E-state index contributed by atoms with van der Waals surface area (Å²) in [7, 11) is 0. The summed E-state index contributed by atoms with van der Waals surface area (Å²) in [6.45, 7) is -0.190. The normalized spacial score (nSPS) is 11.5. The van der Waals surface area contributed by atoms with Gasteiger partial charge in [0.2, 0.25) is 0 Å². The van der Waals surface area contributed by atoms with Crippen LogP contribution in [0.3, 0.4) is 0 Å². The van der Waals surface area contributed by atoms with Crippen LogP contribution in [-0.4, -0.2) is 5.11 Å². The molecule has 2 nitrogen and oxygen atoms in total. The Morgan fingerprint density at radius 1 is 0.964 bits per heavy atom. The first-order chi connectivity index (χ1) is 13.2. The van der Waals surface area contributed by atoms with Crippen molar-refractivity contribution in [3.63, 3.8) is 0 Å². The molecule has 28 heavy (non-hydrogen) atoms. The minimum absolute atomic E-state index is 0.139. The maximum absolute atomic E-state index is 13.0. The monoisotopic (exact) mass is 490 g/mol. The van der Waals surface area contributed by atoms with Crippen LogP contribution < -0.4 is 4.74 Å². The fourth-order valence-electron chi connectivity index (χ4n) is 2.58. The van der Waals surface area contributed by atoms with Crippen molar-refractivity contribution in [2.24, 2.45) is 0 Å². The Hall–Kier alpha value is -1.89. The Bertz CT molecular complexity index is 1010. The number of hydrogen-bond acceptors (Lipinski definition) is 2. The molecule has 0 aliphatic rings. The lowest BCUT2D eigenvalue weighted by molar-refractivity contribution is -0.137. The van der Waals surface area contributed by atoms with E-state index in [2.05, 4.69) is 15.9 Å². The molecule has 0 spiro atoms. The van der Waals surface area contributed by atoms with Crippen LogP contribution >= 0.6 is 39.1 Å². The van der Waals surface area contributed by atoms with Gasteiger partial charge in [-0.3, -0.25) is 0 Å². The summed E-state index contributed by atoms with van der Waals surface area (Å²) in [5.41, 5.74) is 0.626. The molecule has 0 saturated heterocycles. The summed E-state index contributed by atoms with van der Waals surface area (Å²) in [5, 5.41) is 10.6. The number of alkyl halides is 3. The van der Waals surface area contributed by atoms with Crippen LogP contribution in [0.4, 0.5) is 13.2 Å². The van der Waals surface area contributed by atoms with Crippen LogP contribution in [0.2, 0.25) is 10.0 Å². The molecular weight excluding hydrogens is 480 g/mol. The number of aromatic hydroxyl groups is 1. The molecule has 0 radical (unpaired) electrons. The van der Waals surface area contributed by atoms with Crippen LogP contribution in [0.1, 0.15) is 11.1 Å². The summed E-state index contributed by atoms with van der Waals surface area (Å²) < 4.78 is 45.2. The molecule has 0 aliphatic carbocycles. The lowest BCUT2D eigenvalue weighted by Gasteiger charge is -2.16. The standard InChI is InChI=1S/C20H12BrCl2F3O2/c21-16-7-6-14(12-2-4-13(22)5-3-12)19(18(16)27)28-10-11-1-8-17(23)15(9-11)20(24,25)26/h1-9,27H,10H2. The van der Waals surface area contributed by atoms with E-state index in [1.165, 1.54) is 12.1 Å². The molecule has 0 heterocycles. The van der Waals surface area contributed by atoms with Crippen molar-refractivity contribution in [2.45, 2.75) is 12.8 Å². The van der Waals surface area contributed by atoms with Gasteiger partial charge in [0, 0.05) is 10.6 Å². The van der Waals surface area contributed by atoms with E-state index < -0.39 is 11.7 Å². The fraction of sp³-hybridized carbons (Fsp3) is 0.100. The molecule has 0 unspecified atom stereocenters. The molecule has 0 atom stereocenters. The second-order valence-electron chi connectivity index (χ2n) is 5.88. The van der Waals surface area contributed by atoms with Crippen molar-refractivity contribution in [2.75, 3.05) is 0 Å². The topological polar surface area (TPSA) is 29.5 Å². The number of phenolic OH excluding ortho intramolecular Hbond substituents is 1. The van der Waals surface area contributed by atoms with Crippen LogP contribution in [0.15, 0.2) is 59.1 Å². The van der Waals surface area contributed by atoms with Gasteiger partial charge in [0.05, 0.1) is 15.1 Å². The van der Waals surface area contributed by atoms with Gasteiger partial charge in [-0.25, -0.2) is 0 Å². The molecule has 0 saturated carbocycles. The number of ether oxygens (including phenoxy) is 1. The third-order valence-electron chi connectivity index (χ3n) is 3.96. The van der Waals surface area contributed by atoms with E-state index in [0.29, 0.717) is 15.1 Å². The second-order valence-corrected chi connectivity index (χ2v) is 7.58. The summed E-state index contributed by atoms with van der Waals surface area (Å²) in [6, 6.07) is 13.8. The van der Waals surface area contributed by atoms with Gasteiger partial charge in [-0.2, -0.15) is 13.2 Å². The molecule has 0 amide bonds. The highest BCUT2D eigenvalue weighted by Crippen LogP contribution is 2.43. The van der Waals surface area contributed by atoms with Crippen molar-refractivity contribution in [1.82, 2.24) is 0 Å². The Labute approximate surface area is 177 Å². The molecule has 8 heteroatoms. The van der Waals surface area contributed by atoms with Crippen LogP contribution in [-0.2, 0) is 12.8 Å². The van der Waals surface area contributed by atoms with E-state index >= 15 is 0 Å². The van der Waals surface area contributed by atoms with E-state index in [1.807, 2.05) is 0 Å². The average Bonchev–Trinajstić information content (AvgIpc) is 2.64. The molecule has 1 N–H and O–H groups in total. The van der Waals surface area contributed by atoms with Crippen molar-refractivity contribution >= 4 is 39.1 Å². The van der Waals surface area contributed by atoms with Crippen molar-refractivity contribution < 1.29 is 23.0 Å². The van der Waals surface area contributed by atoms with Crippen molar-refractivity contribution in [1.29, 1.82) is 0 Å². The number of halogens is 6. The van der Waals surface area contributed by atoms with Crippen LogP contribution in [0, 0.1) is 0 Å². The zero-order valence-corrected chi connectivity index (χ0v) is 17.1. The van der Waals surface area contributed by atoms with Gasteiger partial charge in [0.25, 0.3) is 0 Å². The minimum atomic E-state index is -4.57. The molecule has 3 rings (SSSR count). The predicted octanol–water partition coefficient (Wildman–Crippen LogP) is 7.73. The average molecular weight is 492 g/mol. The van der Waals surface area contributed by atoms with Gasteiger partial charge >= 0.3 is 6.18 Å². The third kappa shape index (κ3) is 4.57. The largest absolute Gasteiger partial charge is 0.503 e. The number of phenols is 1. The van der Waals surface area contributed by atoms with Gasteiger partial charge < -0.3 is 9.84 Å². The van der Waals surface area contributed by atoms with Gasteiger partial charge in [0.15, 0.2) is 11.5 Å². The minimum Gasteiger partial charge on any atom is -0.503 e. The molecule has 0 aromatic heterocycles. The summed E-state index contributed by atoms with van der Waals surface area (Å²) in [4.78, 5) is 0. The maximum Gasteiger partial charge on any atom is 0.417 e. The lowest BCUT2D eigenvalue weighted by Crippen LogP contribution is -2.07. The quantitative estimate of drug-likeness (QED) is 0.404. The Morgan fingerprint density at radius 3 is 2.29 bits per heavy atom. The zero-order chi connectivity index (χ0) is 20.5. The van der Waals surface area contributed by atoms with Crippen molar-refractivity contribution in [3.8, 4) is 22.6 Å². The zero-order valence-electron chi connectivity index (χ0n) is 14.0. The Kier molecular flexibility index (Phi) is 6.12. The smallest absolute Gasteiger partial charge is 0.417 e. The third-order valence-corrected chi connectivity index (χ3v) is 5.18. The van der Waals surface area contributed by atoms with Gasteiger partial charge in [-0.1, -0.05) is 41.4 Å². The van der Waals surface area contributed by atoms with E-state index in [1.54, 1.807) is 36.4 Å². The molecule has 3 aromatic rings. The second kappa shape index (κ2) is 8.23. The first-order valence-electron chi connectivity index (χ1n) is 7.92. The van der Waals surface area contributed by atoms with E-state index in [-0.39, 0.29) is 28.7 Å². The number of benzene rings is 3. The van der Waals surface area contributed by atoms with Gasteiger partial charge in [0.1, 0.15) is 6.61 Å². The van der Waals surface area contributed by atoms with Gasteiger partial charge in [-0.15, -0.1) is 0 Å². The number of rotatable bonds is 4. The lowest BCUT2D eigenvalue weighted by atomic mass is 10.0. The highest BCUT2D eigenvalue weighted by Gasteiger charge is 2.33. The molecule has 3 aromatic carbocycles. The van der Waals surface area contributed by atoms with Crippen molar-refractivity contribution in [3.05, 3.63) is 80.2 Å². The molecule has 146 valence electrons. The first kappa shape index (κ1) is 20.8. The van der Waals surface area contributed by atoms with Crippen LogP contribution in [0.5, 0.6) is 11.5 Å². The predicted molar refractivity (Wildman–Crippen MR) is 107 cm³/mol. The molecular formula is C20H12BrCl2F3O2. The fourth-order valence-corrected chi connectivity index (χ4v) is 3.25. The van der Waals surface area contributed by atoms with E-state index in [9.17, 15) is 18.3 Å². The first-order valence-corrected chi connectivity index (χ1v) is 9.47. The van der Waals surface area contributed by atoms with E-state index in [0.717, 1.165) is 11.6 Å². The maximum atomic E-state index is 13.0.